The van der Waals surface area contributed by atoms with Crippen molar-refractivity contribution in [1.29, 1.82) is 5.26 Å². The molecule has 0 saturated carbocycles. The number of esters is 1. The Balaban J connectivity index is 3.55. The van der Waals surface area contributed by atoms with E-state index >= 15 is 0 Å². The topological polar surface area (TPSA) is 59.3 Å². The van der Waals surface area contributed by atoms with Gasteiger partial charge in [0.15, 0.2) is 6.79 Å². The molecule has 0 bridgehead atoms. The maximum atomic E-state index is 10.6. The first kappa shape index (κ1) is 9.95. The third kappa shape index (κ3) is 4.37. The smallest absolute Gasteiger partial charge is 0.350 e. The summed E-state index contributed by atoms with van der Waals surface area (Å²) in [5.41, 5.74) is -0.261. The maximum Gasteiger partial charge on any atom is 0.350 e. The van der Waals surface area contributed by atoms with Crippen LogP contribution in [-0.2, 0) is 14.3 Å². The van der Waals surface area contributed by atoms with Gasteiger partial charge >= 0.3 is 5.97 Å². The SMILES string of the molecule is C=C(C#N)C(=O)OCOCCl. The van der Waals surface area contributed by atoms with Crippen LogP contribution in [0.3, 0.4) is 0 Å². The second kappa shape index (κ2) is 5.71. The van der Waals surface area contributed by atoms with Gasteiger partial charge in [0.05, 0.1) is 0 Å². The van der Waals surface area contributed by atoms with Crippen LogP contribution in [0.25, 0.3) is 0 Å². The lowest BCUT2D eigenvalue weighted by molar-refractivity contribution is -0.149. The third-order valence-electron chi connectivity index (χ3n) is 0.732. The molecule has 0 N–H and O–H groups in total. The predicted molar refractivity (Wildman–Crippen MR) is 37.5 cm³/mol. The summed E-state index contributed by atoms with van der Waals surface area (Å²) in [6.07, 6.45) is 0. The Bertz CT molecular complexity index is 196. The molecule has 0 aliphatic carbocycles. The Morgan fingerprint density at radius 1 is 1.73 bits per heavy atom. The summed E-state index contributed by atoms with van der Waals surface area (Å²) in [5, 5.41) is 8.14. The van der Waals surface area contributed by atoms with E-state index in [2.05, 4.69) is 16.1 Å². The zero-order valence-corrected chi connectivity index (χ0v) is 6.43. The van der Waals surface area contributed by atoms with E-state index in [4.69, 9.17) is 16.9 Å². The minimum atomic E-state index is -0.794. The van der Waals surface area contributed by atoms with Crippen molar-refractivity contribution in [1.82, 2.24) is 0 Å². The van der Waals surface area contributed by atoms with E-state index < -0.39 is 5.97 Å². The van der Waals surface area contributed by atoms with E-state index in [0.29, 0.717) is 0 Å². The van der Waals surface area contributed by atoms with Crippen molar-refractivity contribution in [3.8, 4) is 6.07 Å². The monoisotopic (exact) mass is 175 g/mol. The quantitative estimate of drug-likeness (QED) is 0.158. The fourth-order valence-corrected chi connectivity index (χ4v) is 0.322. The Morgan fingerprint density at radius 3 is 2.82 bits per heavy atom. The average molecular weight is 176 g/mol. The molecule has 4 nitrogen and oxygen atoms in total. The summed E-state index contributed by atoms with van der Waals surface area (Å²) in [6, 6.07) is 1.47. The van der Waals surface area contributed by atoms with Crippen LogP contribution < -0.4 is 0 Å². The molecule has 0 heterocycles. The van der Waals surface area contributed by atoms with Gasteiger partial charge in [-0.2, -0.15) is 5.26 Å². The molecule has 0 spiro atoms. The van der Waals surface area contributed by atoms with Crippen LogP contribution in [0.15, 0.2) is 12.2 Å². The van der Waals surface area contributed by atoms with Crippen molar-refractivity contribution in [2.45, 2.75) is 0 Å². The van der Waals surface area contributed by atoms with Crippen LogP contribution in [0.1, 0.15) is 0 Å². The molecule has 0 aliphatic heterocycles. The van der Waals surface area contributed by atoms with Gasteiger partial charge in [-0.3, -0.25) is 0 Å². The second-order valence-corrected chi connectivity index (χ2v) is 1.67. The first-order valence-electron chi connectivity index (χ1n) is 2.62. The molecule has 11 heavy (non-hydrogen) atoms. The van der Waals surface area contributed by atoms with Gasteiger partial charge in [-0.15, -0.1) is 0 Å². The highest BCUT2D eigenvalue weighted by Gasteiger charge is 2.05. The van der Waals surface area contributed by atoms with Crippen LogP contribution in [0.5, 0.6) is 0 Å². The lowest BCUT2D eigenvalue weighted by atomic mass is 10.3. The lowest BCUT2D eigenvalue weighted by Gasteiger charge is -2.00. The summed E-state index contributed by atoms with van der Waals surface area (Å²) in [4.78, 5) is 10.6. The molecule has 0 rings (SSSR count). The zero-order valence-electron chi connectivity index (χ0n) is 5.67. The molecule has 0 aromatic rings. The number of rotatable bonds is 4. The van der Waals surface area contributed by atoms with Gasteiger partial charge in [0.2, 0.25) is 0 Å². The van der Waals surface area contributed by atoms with E-state index in [1.807, 2.05) is 0 Å². The molecule has 0 aliphatic rings. The van der Waals surface area contributed by atoms with E-state index in [1.54, 1.807) is 0 Å². The van der Waals surface area contributed by atoms with Crippen molar-refractivity contribution in [2.75, 3.05) is 12.9 Å². The van der Waals surface area contributed by atoms with Crippen LogP contribution in [0.4, 0.5) is 0 Å². The van der Waals surface area contributed by atoms with E-state index in [0.717, 1.165) is 0 Å². The van der Waals surface area contributed by atoms with Gasteiger partial charge in [-0.05, 0) is 0 Å². The van der Waals surface area contributed by atoms with Gasteiger partial charge in [0.1, 0.15) is 17.7 Å². The largest absolute Gasteiger partial charge is 0.434 e. The summed E-state index contributed by atoms with van der Waals surface area (Å²) < 4.78 is 8.84. The zero-order chi connectivity index (χ0) is 8.69. The van der Waals surface area contributed by atoms with Crippen LogP contribution in [0.2, 0.25) is 0 Å². The number of carbonyl (C=O) groups is 1. The first-order chi connectivity index (χ1) is 5.22. The van der Waals surface area contributed by atoms with E-state index in [9.17, 15) is 4.79 Å². The van der Waals surface area contributed by atoms with Gasteiger partial charge < -0.3 is 9.47 Å². The van der Waals surface area contributed by atoms with Gasteiger partial charge in [-0.1, -0.05) is 18.2 Å². The highest BCUT2D eigenvalue weighted by Crippen LogP contribution is 1.92. The van der Waals surface area contributed by atoms with Gasteiger partial charge in [0.25, 0.3) is 0 Å². The molecule has 0 atom stereocenters. The number of nitriles is 1. The first-order valence-corrected chi connectivity index (χ1v) is 3.15. The van der Waals surface area contributed by atoms with Crippen LogP contribution in [-0.4, -0.2) is 18.8 Å². The number of alkyl halides is 1. The molecular weight excluding hydrogens is 170 g/mol. The molecule has 0 aromatic heterocycles. The number of carbonyl (C=O) groups excluding carboxylic acids is 1. The Hall–Kier alpha value is -1.05. The highest BCUT2D eigenvalue weighted by molar-refractivity contribution is 6.17. The number of nitrogens with zero attached hydrogens (tertiary/aromatic N) is 1. The van der Waals surface area contributed by atoms with Crippen molar-refractivity contribution in [3.05, 3.63) is 12.2 Å². The summed E-state index contributed by atoms with van der Waals surface area (Å²) in [5.74, 6) is -0.794. The molecule has 0 fully saturated rings. The molecule has 0 amide bonds. The van der Waals surface area contributed by atoms with Crippen molar-refractivity contribution in [2.24, 2.45) is 0 Å². The Labute approximate surface area is 69.0 Å². The Kier molecular flexibility index (Phi) is 5.17. The van der Waals surface area contributed by atoms with Crippen molar-refractivity contribution >= 4 is 17.6 Å². The molecular formula is C6H6ClNO3. The Morgan fingerprint density at radius 2 is 2.36 bits per heavy atom. The summed E-state index contributed by atoms with van der Waals surface area (Å²) >= 11 is 5.10. The number of hydrogen-bond acceptors (Lipinski definition) is 4. The summed E-state index contributed by atoms with van der Waals surface area (Å²) in [7, 11) is 0. The standard InChI is InChI=1S/C6H6ClNO3/c1-5(2-8)6(9)11-4-10-3-7/h1,3-4H2. The van der Waals surface area contributed by atoms with E-state index in [1.165, 1.54) is 6.07 Å². The highest BCUT2D eigenvalue weighted by atomic mass is 35.5. The molecule has 0 radical (unpaired) electrons. The van der Waals surface area contributed by atoms with E-state index in [-0.39, 0.29) is 18.4 Å². The van der Waals surface area contributed by atoms with Crippen molar-refractivity contribution < 1.29 is 14.3 Å². The third-order valence-corrected chi connectivity index (χ3v) is 0.886. The van der Waals surface area contributed by atoms with Crippen LogP contribution in [0, 0.1) is 11.3 Å². The fourth-order valence-electron chi connectivity index (χ4n) is 0.259. The lowest BCUT2D eigenvalue weighted by Crippen LogP contribution is -2.08. The number of halogens is 1. The number of ether oxygens (including phenoxy) is 2. The second-order valence-electron chi connectivity index (χ2n) is 1.45. The minimum absolute atomic E-state index is 0.0632. The predicted octanol–water partition coefficient (Wildman–Crippen LogP) is 0.780. The molecule has 5 heteroatoms. The number of hydrogen-bond donors (Lipinski definition) is 0. The molecule has 0 saturated heterocycles. The minimum Gasteiger partial charge on any atom is -0.434 e. The fraction of sp³-hybridized carbons (Fsp3) is 0.333. The normalized spacial score (nSPS) is 8.36. The molecule has 0 aromatic carbocycles. The van der Waals surface area contributed by atoms with Crippen molar-refractivity contribution in [3.63, 3.8) is 0 Å². The molecule has 60 valence electrons. The summed E-state index contributed by atoms with van der Waals surface area (Å²) in [6.45, 7) is 2.87. The maximum absolute atomic E-state index is 10.6. The average Bonchev–Trinajstić information content (AvgIpc) is 2.03. The van der Waals surface area contributed by atoms with Crippen LogP contribution >= 0.6 is 11.6 Å². The van der Waals surface area contributed by atoms with Gasteiger partial charge in [-0.25, -0.2) is 4.79 Å². The molecule has 0 unspecified atom stereocenters. The van der Waals surface area contributed by atoms with Gasteiger partial charge in [0, 0.05) is 0 Å².